The number of aliphatic imine (C=N–C) groups is 1. The average Bonchev–Trinajstić information content (AvgIpc) is 3.20. The molecule has 1 atom stereocenters. The summed E-state index contributed by atoms with van der Waals surface area (Å²) in [6.07, 6.45) is 5.69. The van der Waals surface area contributed by atoms with E-state index >= 15 is 0 Å². The second-order valence-electron chi connectivity index (χ2n) is 7.19. The summed E-state index contributed by atoms with van der Waals surface area (Å²) >= 11 is 0. The Bertz CT molecular complexity index is 587. The number of anilines is 1. The van der Waals surface area contributed by atoms with Crippen LogP contribution in [0.3, 0.4) is 0 Å². The first kappa shape index (κ1) is 21.3. The van der Waals surface area contributed by atoms with Crippen molar-refractivity contribution >= 4 is 11.6 Å². The summed E-state index contributed by atoms with van der Waals surface area (Å²) in [5.74, 6) is 1.39. The highest BCUT2D eigenvalue weighted by atomic mass is 16.5. The second-order valence-corrected chi connectivity index (χ2v) is 7.19. The zero-order valence-electron chi connectivity index (χ0n) is 17.4. The molecule has 5 nitrogen and oxygen atoms in total. The fourth-order valence-corrected chi connectivity index (χ4v) is 3.17. The van der Waals surface area contributed by atoms with Gasteiger partial charge in [-0.25, -0.2) is 4.99 Å². The van der Waals surface area contributed by atoms with Crippen molar-refractivity contribution in [2.45, 2.75) is 46.8 Å². The monoisotopic (exact) mass is 372 g/mol. The van der Waals surface area contributed by atoms with E-state index in [0.717, 1.165) is 45.2 Å². The van der Waals surface area contributed by atoms with Crippen LogP contribution >= 0.6 is 0 Å². The van der Waals surface area contributed by atoms with Crippen molar-refractivity contribution in [3.63, 3.8) is 0 Å². The maximum Gasteiger partial charge on any atom is 0.191 e. The Labute approximate surface area is 164 Å². The van der Waals surface area contributed by atoms with Crippen molar-refractivity contribution in [1.82, 2.24) is 10.6 Å². The van der Waals surface area contributed by atoms with Crippen LogP contribution in [0.25, 0.3) is 0 Å². The number of nitrogens with zero attached hydrogens (tertiary/aromatic N) is 2. The van der Waals surface area contributed by atoms with E-state index in [-0.39, 0.29) is 6.10 Å². The Kier molecular flexibility index (Phi) is 9.19. The molecule has 0 radical (unpaired) electrons. The van der Waals surface area contributed by atoms with Crippen LogP contribution < -0.4 is 15.5 Å². The molecule has 0 bridgehead atoms. The highest BCUT2D eigenvalue weighted by Gasteiger charge is 2.13. The molecule has 1 unspecified atom stereocenters. The fourth-order valence-electron chi connectivity index (χ4n) is 3.17. The van der Waals surface area contributed by atoms with E-state index in [9.17, 15) is 0 Å². The molecule has 0 aromatic heterocycles. The molecule has 2 N–H and O–H groups in total. The van der Waals surface area contributed by atoms with Gasteiger partial charge in [0.1, 0.15) is 0 Å². The molecule has 0 saturated carbocycles. The largest absolute Gasteiger partial charge is 0.378 e. The Morgan fingerprint density at radius 1 is 1.11 bits per heavy atom. The van der Waals surface area contributed by atoms with Crippen LogP contribution in [0.5, 0.6) is 0 Å². The summed E-state index contributed by atoms with van der Waals surface area (Å²) in [6.45, 7) is 13.7. The minimum absolute atomic E-state index is 0.290. The lowest BCUT2D eigenvalue weighted by Gasteiger charge is -2.21. The molecule has 27 heavy (non-hydrogen) atoms. The molecule has 1 heterocycles. The standard InChI is InChI=1S/C22H36N4O/c1-5-23-22(24-14-13-21(18(3)4)27-6-2)25-17-19-9-11-20(12-10-19)26-15-7-8-16-26/h7-12,18,21H,5-6,13-17H2,1-4H3,(H2,23,24,25). The number of benzene rings is 1. The number of guanidine groups is 1. The van der Waals surface area contributed by atoms with Crippen LogP contribution in [0.1, 0.15) is 39.7 Å². The van der Waals surface area contributed by atoms with Gasteiger partial charge in [0, 0.05) is 38.5 Å². The molecule has 1 aromatic carbocycles. The quantitative estimate of drug-likeness (QED) is 0.374. The highest BCUT2D eigenvalue weighted by Crippen LogP contribution is 2.18. The number of nitrogens with one attached hydrogen (secondary N) is 2. The van der Waals surface area contributed by atoms with Crippen molar-refractivity contribution in [3.05, 3.63) is 42.0 Å². The van der Waals surface area contributed by atoms with Crippen LogP contribution in [-0.4, -0.2) is 44.8 Å². The topological polar surface area (TPSA) is 48.9 Å². The summed E-state index contributed by atoms with van der Waals surface area (Å²) in [7, 11) is 0. The molecule has 2 rings (SSSR count). The molecule has 150 valence electrons. The molecule has 0 fully saturated rings. The third-order valence-electron chi connectivity index (χ3n) is 4.73. The highest BCUT2D eigenvalue weighted by molar-refractivity contribution is 5.79. The molecule has 1 aliphatic rings. The summed E-state index contributed by atoms with van der Waals surface area (Å²) < 4.78 is 5.82. The predicted molar refractivity (Wildman–Crippen MR) is 115 cm³/mol. The molecule has 1 aliphatic heterocycles. The van der Waals surface area contributed by atoms with Crippen LogP contribution in [-0.2, 0) is 11.3 Å². The molecule has 1 aromatic rings. The lowest BCUT2D eigenvalue weighted by molar-refractivity contribution is 0.0258. The third kappa shape index (κ3) is 7.25. The molecule has 0 saturated heterocycles. The SMILES string of the molecule is CCNC(=NCc1ccc(N2CC=CC2)cc1)NCCC(OCC)C(C)C. The van der Waals surface area contributed by atoms with E-state index in [2.05, 4.69) is 79.6 Å². The van der Waals surface area contributed by atoms with Crippen LogP contribution in [0.15, 0.2) is 41.4 Å². The molecular formula is C22H36N4O. The third-order valence-corrected chi connectivity index (χ3v) is 4.73. The Hall–Kier alpha value is -2.01. The van der Waals surface area contributed by atoms with E-state index in [0.29, 0.717) is 12.5 Å². The lowest BCUT2D eigenvalue weighted by atomic mass is 10.0. The second kappa shape index (κ2) is 11.7. The van der Waals surface area contributed by atoms with E-state index in [1.807, 2.05) is 0 Å². The maximum atomic E-state index is 5.82. The van der Waals surface area contributed by atoms with Crippen molar-refractivity contribution in [3.8, 4) is 0 Å². The summed E-state index contributed by atoms with van der Waals surface area (Å²) in [4.78, 5) is 7.08. The minimum atomic E-state index is 0.290. The Balaban J connectivity index is 1.84. The van der Waals surface area contributed by atoms with Gasteiger partial charge in [0.2, 0.25) is 0 Å². The number of hydrogen-bond acceptors (Lipinski definition) is 3. The first-order chi connectivity index (χ1) is 13.1. The van der Waals surface area contributed by atoms with Gasteiger partial charge in [-0.05, 0) is 43.9 Å². The van der Waals surface area contributed by atoms with Gasteiger partial charge >= 0.3 is 0 Å². The van der Waals surface area contributed by atoms with Crippen molar-refractivity contribution < 1.29 is 4.74 Å². The van der Waals surface area contributed by atoms with Crippen molar-refractivity contribution in [1.29, 1.82) is 0 Å². The first-order valence-corrected chi connectivity index (χ1v) is 10.3. The number of hydrogen-bond donors (Lipinski definition) is 2. The van der Waals surface area contributed by atoms with Gasteiger partial charge in [0.25, 0.3) is 0 Å². The summed E-state index contributed by atoms with van der Waals surface area (Å²) in [5.41, 5.74) is 2.49. The van der Waals surface area contributed by atoms with E-state index < -0.39 is 0 Å². The molecular weight excluding hydrogens is 336 g/mol. The predicted octanol–water partition coefficient (Wildman–Crippen LogP) is 3.57. The van der Waals surface area contributed by atoms with E-state index in [1.54, 1.807) is 0 Å². The first-order valence-electron chi connectivity index (χ1n) is 10.3. The van der Waals surface area contributed by atoms with Gasteiger partial charge in [0.15, 0.2) is 5.96 Å². The van der Waals surface area contributed by atoms with Crippen LogP contribution in [0.4, 0.5) is 5.69 Å². The smallest absolute Gasteiger partial charge is 0.191 e. The number of ether oxygens (including phenoxy) is 1. The summed E-state index contributed by atoms with van der Waals surface area (Å²) in [5, 5.41) is 6.76. The molecule has 0 spiro atoms. The van der Waals surface area contributed by atoms with Crippen molar-refractivity contribution in [2.24, 2.45) is 10.9 Å². The zero-order chi connectivity index (χ0) is 19.5. The van der Waals surface area contributed by atoms with Gasteiger partial charge in [-0.15, -0.1) is 0 Å². The van der Waals surface area contributed by atoms with E-state index in [4.69, 9.17) is 9.73 Å². The summed E-state index contributed by atoms with van der Waals surface area (Å²) in [6, 6.07) is 8.72. The lowest BCUT2D eigenvalue weighted by Crippen LogP contribution is -2.39. The minimum Gasteiger partial charge on any atom is -0.378 e. The Morgan fingerprint density at radius 2 is 1.81 bits per heavy atom. The van der Waals surface area contributed by atoms with Crippen LogP contribution in [0.2, 0.25) is 0 Å². The van der Waals surface area contributed by atoms with E-state index in [1.165, 1.54) is 11.3 Å². The van der Waals surface area contributed by atoms with Crippen LogP contribution in [0, 0.1) is 5.92 Å². The Morgan fingerprint density at radius 3 is 2.41 bits per heavy atom. The van der Waals surface area contributed by atoms with Gasteiger partial charge in [-0.1, -0.05) is 38.1 Å². The normalized spacial score (nSPS) is 15.4. The number of rotatable bonds is 10. The van der Waals surface area contributed by atoms with Gasteiger partial charge in [-0.2, -0.15) is 0 Å². The van der Waals surface area contributed by atoms with Gasteiger partial charge in [-0.3, -0.25) is 0 Å². The molecule has 0 aliphatic carbocycles. The van der Waals surface area contributed by atoms with Gasteiger partial charge < -0.3 is 20.3 Å². The molecule has 0 amide bonds. The maximum absolute atomic E-state index is 5.82. The fraction of sp³-hybridized carbons (Fsp3) is 0.591. The zero-order valence-corrected chi connectivity index (χ0v) is 17.4. The van der Waals surface area contributed by atoms with Gasteiger partial charge in [0.05, 0.1) is 12.6 Å². The average molecular weight is 373 g/mol. The van der Waals surface area contributed by atoms with Crippen molar-refractivity contribution in [2.75, 3.05) is 37.7 Å². The molecule has 5 heteroatoms.